The van der Waals surface area contributed by atoms with Crippen LogP contribution in [0.2, 0.25) is 10.0 Å². The van der Waals surface area contributed by atoms with Crippen LogP contribution in [0, 0.1) is 0 Å². The van der Waals surface area contributed by atoms with Crippen molar-refractivity contribution in [3.05, 3.63) is 82.3 Å². The summed E-state index contributed by atoms with van der Waals surface area (Å²) in [6.45, 7) is 2.41. The molecule has 37 heavy (non-hydrogen) atoms. The summed E-state index contributed by atoms with van der Waals surface area (Å²) in [7, 11) is 0. The van der Waals surface area contributed by atoms with Gasteiger partial charge >= 0.3 is 6.18 Å². The van der Waals surface area contributed by atoms with Gasteiger partial charge in [0.15, 0.2) is 11.0 Å². The second kappa shape index (κ2) is 11.5. The summed E-state index contributed by atoms with van der Waals surface area (Å²) in [5.74, 6) is 0.472. The van der Waals surface area contributed by atoms with Crippen LogP contribution in [-0.4, -0.2) is 33.0 Å². The minimum absolute atomic E-state index is 0.00727. The fraction of sp³-hybridized carbons (Fsp3) is 0.160. The molecule has 0 spiro atoms. The molecule has 0 aliphatic rings. The van der Waals surface area contributed by atoms with Crippen molar-refractivity contribution >= 4 is 46.6 Å². The molecule has 0 radical (unpaired) electrons. The van der Waals surface area contributed by atoms with Crippen molar-refractivity contribution in [1.82, 2.24) is 14.8 Å². The molecule has 4 rings (SSSR count). The predicted molar refractivity (Wildman–Crippen MR) is 139 cm³/mol. The van der Waals surface area contributed by atoms with Crippen LogP contribution in [0.15, 0.2) is 71.9 Å². The fourth-order valence-corrected chi connectivity index (χ4v) is 4.49. The lowest BCUT2D eigenvalue weighted by molar-refractivity contribution is -0.137. The molecule has 0 saturated heterocycles. The quantitative estimate of drug-likeness (QED) is 0.225. The van der Waals surface area contributed by atoms with E-state index in [4.69, 9.17) is 27.9 Å². The summed E-state index contributed by atoms with van der Waals surface area (Å²) in [6.07, 6.45) is -4.57. The number of anilines is 1. The van der Waals surface area contributed by atoms with Crippen molar-refractivity contribution in [3.63, 3.8) is 0 Å². The molecule has 4 aromatic rings. The lowest BCUT2D eigenvalue weighted by Gasteiger charge is -2.13. The SMILES string of the molecule is CCOc1ccc(-n2c(SCC(=O)Nc3cc(C(F)(F)F)ccc3Cl)nnc2-c2cccc(Cl)c2)cc1. The van der Waals surface area contributed by atoms with E-state index in [1.54, 1.807) is 34.9 Å². The Morgan fingerprint density at radius 2 is 1.81 bits per heavy atom. The number of benzene rings is 3. The van der Waals surface area contributed by atoms with Gasteiger partial charge in [0.1, 0.15) is 5.75 Å². The first kappa shape index (κ1) is 26.8. The molecule has 1 N–H and O–H groups in total. The van der Waals surface area contributed by atoms with Crippen LogP contribution in [0.25, 0.3) is 17.1 Å². The minimum Gasteiger partial charge on any atom is -0.494 e. The molecule has 0 aliphatic carbocycles. The van der Waals surface area contributed by atoms with Crippen molar-refractivity contribution < 1.29 is 22.7 Å². The van der Waals surface area contributed by atoms with Crippen molar-refractivity contribution in [3.8, 4) is 22.8 Å². The Balaban J connectivity index is 1.60. The van der Waals surface area contributed by atoms with Gasteiger partial charge in [-0.1, -0.05) is 47.1 Å². The first-order valence-electron chi connectivity index (χ1n) is 10.9. The number of carbonyl (C=O) groups is 1. The molecule has 0 unspecified atom stereocenters. The number of carbonyl (C=O) groups excluding carboxylic acids is 1. The van der Waals surface area contributed by atoms with Crippen LogP contribution < -0.4 is 10.1 Å². The average Bonchev–Trinajstić information content (AvgIpc) is 3.28. The van der Waals surface area contributed by atoms with Crippen molar-refractivity contribution in [2.24, 2.45) is 0 Å². The molecule has 0 aliphatic heterocycles. The Morgan fingerprint density at radius 3 is 2.49 bits per heavy atom. The average molecular weight is 567 g/mol. The lowest BCUT2D eigenvalue weighted by Crippen LogP contribution is -2.16. The van der Waals surface area contributed by atoms with Gasteiger partial charge in [0, 0.05) is 16.3 Å². The van der Waals surface area contributed by atoms with Crippen LogP contribution in [0.4, 0.5) is 18.9 Å². The summed E-state index contributed by atoms with van der Waals surface area (Å²) in [5, 5.41) is 11.9. The highest BCUT2D eigenvalue weighted by molar-refractivity contribution is 7.99. The molecular weight excluding hydrogens is 548 g/mol. The molecule has 1 amide bonds. The van der Waals surface area contributed by atoms with E-state index in [0.717, 1.165) is 30.0 Å². The number of thioether (sulfide) groups is 1. The Bertz CT molecular complexity index is 1410. The Labute approximate surface area is 224 Å². The van der Waals surface area contributed by atoms with Crippen LogP contribution in [-0.2, 0) is 11.0 Å². The smallest absolute Gasteiger partial charge is 0.416 e. The third-order valence-electron chi connectivity index (χ3n) is 5.02. The number of hydrogen-bond acceptors (Lipinski definition) is 5. The molecule has 3 aromatic carbocycles. The first-order valence-corrected chi connectivity index (χ1v) is 12.6. The molecule has 1 heterocycles. The fourth-order valence-electron chi connectivity index (χ4n) is 3.38. The zero-order chi connectivity index (χ0) is 26.6. The number of nitrogens with one attached hydrogen (secondary N) is 1. The number of nitrogens with zero attached hydrogens (tertiary/aromatic N) is 3. The van der Waals surface area contributed by atoms with Gasteiger partial charge in [0.05, 0.1) is 28.6 Å². The Hall–Kier alpha value is -3.21. The van der Waals surface area contributed by atoms with Gasteiger partial charge in [-0.25, -0.2) is 0 Å². The summed E-state index contributed by atoms with van der Waals surface area (Å²) in [4.78, 5) is 12.6. The third kappa shape index (κ3) is 6.57. The number of hydrogen-bond donors (Lipinski definition) is 1. The summed E-state index contributed by atoms with van der Waals surface area (Å²) < 4.78 is 46.4. The van der Waals surface area contributed by atoms with E-state index in [9.17, 15) is 18.0 Å². The molecule has 6 nitrogen and oxygen atoms in total. The van der Waals surface area contributed by atoms with Gasteiger partial charge in [-0.2, -0.15) is 13.2 Å². The molecule has 0 fully saturated rings. The molecule has 1 aromatic heterocycles. The largest absolute Gasteiger partial charge is 0.494 e. The lowest BCUT2D eigenvalue weighted by atomic mass is 10.2. The number of ether oxygens (including phenoxy) is 1. The highest BCUT2D eigenvalue weighted by atomic mass is 35.5. The maximum Gasteiger partial charge on any atom is 0.416 e. The zero-order valence-corrected chi connectivity index (χ0v) is 21.5. The van der Waals surface area contributed by atoms with Gasteiger partial charge in [-0.3, -0.25) is 9.36 Å². The van der Waals surface area contributed by atoms with E-state index >= 15 is 0 Å². The first-order chi connectivity index (χ1) is 17.7. The maximum atomic E-state index is 13.1. The second-order valence-electron chi connectivity index (χ2n) is 7.61. The number of aromatic nitrogens is 3. The number of amides is 1. The number of rotatable bonds is 8. The van der Waals surface area contributed by atoms with Gasteiger partial charge < -0.3 is 10.1 Å². The predicted octanol–water partition coefficient (Wildman–Crippen LogP) is 7.39. The third-order valence-corrected chi connectivity index (χ3v) is 6.52. The standard InChI is InChI=1S/C25H19Cl2F3N4O2S/c1-2-36-19-9-7-18(8-10-19)34-23(15-4-3-5-17(26)12-15)32-33-24(34)37-14-22(35)31-21-13-16(25(28,29)30)6-11-20(21)27/h3-13H,2,14H2,1H3,(H,31,35). The molecular formula is C25H19Cl2F3N4O2S. The second-order valence-corrected chi connectivity index (χ2v) is 9.39. The molecule has 0 atom stereocenters. The molecule has 0 saturated carbocycles. The van der Waals surface area contributed by atoms with Crippen molar-refractivity contribution in [2.45, 2.75) is 18.3 Å². The zero-order valence-electron chi connectivity index (χ0n) is 19.2. The van der Waals surface area contributed by atoms with Crippen molar-refractivity contribution in [2.75, 3.05) is 17.7 Å². The van der Waals surface area contributed by atoms with Crippen molar-refractivity contribution in [1.29, 1.82) is 0 Å². The monoisotopic (exact) mass is 566 g/mol. The van der Waals surface area contributed by atoms with Gasteiger partial charge in [-0.15, -0.1) is 10.2 Å². The molecule has 12 heteroatoms. The maximum absolute atomic E-state index is 13.1. The highest BCUT2D eigenvalue weighted by Crippen LogP contribution is 2.34. The van der Waals surface area contributed by atoms with E-state index in [2.05, 4.69) is 15.5 Å². The number of alkyl halides is 3. The van der Waals surface area contributed by atoms with Crippen LogP contribution in [0.1, 0.15) is 12.5 Å². The van der Waals surface area contributed by atoms with E-state index in [-0.39, 0.29) is 16.5 Å². The highest BCUT2D eigenvalue weighted by Gasteiger charge is 2.31. The summed E-state index contributed by atoms with van der Waals surface area (Å²) in [6, 6.07) is 17.1. The van der Waals surface area contributed by atoms with E-state index < -0.39 is 17.6 Å². The molecule has 192 valence electrons. The number of halogens is 5. The van der Waals surface area contributed by atoms with Gasteiger partial charge in [-0.05, 0) is 61.5 Å². The van der Waals surface area contributed by atoms with Crippen LogP contribution in [0.5, 0.6) is 5.75 Å². The van der Waals surface area contributed by atoms with Gasteiger partial charge in [0.25, 0.3) is 0 Å². The van der Waals surface area contributed by atoms with Gasteiger partial charge in [0.2, 0.25) is 5.91 Å². The summed E-state index contributed by atoms with van der Waals surface area (Å²) >= 11 is 13.2. The van der Waals surface area contributed by atoms with E-state index in [1.165, 1.54) is 0 Å². The Morgan fingerprint density at radius 1 is 1.05 bits per heavy atom. The Kier molecular flexibility index (Phi) is 8.31. The summed E-state index contributed by atoms with van der Waals surface area (Å²) in [5.41, 5.74) is 0.379. The topological polar surface area (TPSA) is 69.0 Å². The minimum atomic E-state index is -4.57. The van der Waals surface area contributed by atoms with Crippen LogP contribution in [0.3, 0.4) is 0 Å². The molecule has 0 bridgehead atoms. The van der Waals surface area contributed by atoms with E-state index in [0.29, 0.717) is 39.6 Å². The van der Waals surface area contributed by atoms with Crippen LogP contribution >= 0.6 is 35.0 Å². The van der Waals surface area contributed by atoms with E-state index in [1.807, 2.05) is 25.1 Å². The normalized spacial score (nSPS) is 11.4.